The van der Waals surface area contributed by atoms with Crippen LogP contribution in [0.4, 0.5) is 0 Å². The number of likely N-dealkylation sites (tertiary alicyclic amines) is 1. The van der Waals surface area contributed by atoms with E-state index in [1.807, 2.05) is 22.8 Å². The lowest BCUT2D eigenvalue weighted by molar-refractivity contribution is 0.217. The van der Waals surface area contributed by atoms with Crippen LogP contribution in [-0.2, 0) is 6.42 Å². The zero-order chi connectivity index (χ0) is 13.2. The highest BCUT2D eigenvalue weighted by molar-refractivity contribution is 5.43. The minimum Gasteiger partial charge on any atom is -0.497 e. The highest BCUT2D eigenvalue weighted by Crippen LogP contribution is 2.20. The van der Waals surface area contributed by atoms with E-state index in [0.29, 0.717) is 0 Å². The van der Waals surface area contributed by atoms with Gasteiger partial charge in [0.2, 0.25) is 0 Å². The molecule has 1 aliphatic heterocycles. The Kier molecular flexibility index (Phi) is 3.38. The molecule has 0 atom stereocenters. The molecule has 0 saturated carbocycles. The first kappa shape index (κ1) is 12.4. The number of ether oxygens (including phenoxy) is 1. The summed E-state index contributed by atoms with van der Waals surface area (Å²) in [5.74, 6) is 2.49. The molecule has 2 aromatic heterocycles. The predicted octanol–water partition coefficient (Wildman–Crippen LogP) is 1.62. The van der Waals surface area contributed by atoms with E-state index >= 15 is 0 Å². The number of rotatable bonds is 3. The molecule has 3 rings (SSSR count). The summed E-state index contributed by atoms with van der Waals surface area (Å²) in [6.07, 6.45) is 5.38. The van der Waals surface area contributed by atoms with Gasteiger partial charge in [0.1, 0.15) is 5.75 Å². The Bertz CT molecular complexity index is 558. The van der Waals surface area contributed by atoms with E-state index in [1.54, 1.807) is 7.11 Å². The number of fused-ring (bicyclic) bond motifs is 1. The molecular formula is C14H20N4O. The van der Waals surface area contributed by atoms with E-state index in [1.165, 1.54) is 25.9 Å². The summed E-state index contributed by atoms with van der Waals surface area (Å²) in [5, 5.41) is 4.54. The smallest absolute Gasteiger partial charge is 0.159 e. The van der Waals surface area contributed by atoms with Crippen LogP contribution in [0.2, 0.25) is 0 Å². The van der Waals surface area contributed by atoms with Crippen LogP contribution in [0.1, 0.15) is 18.7 Å². The van der Waals surface area contributed by atoms with Crippen LogP contribution in [0.3, 0.4) is 0 Å². The molecule has 0 aromatic carbocycles. The zero-order valence-corrected chi connectivity index (χ0v) is 11.5. The Morgan fingerprint density at radius 1 is 1.37 bits per heavy atom. The Morgan fingerprint density at radius 3 is 2.89 bits per heavy atom. The van der Waals surface area contributed by atoms with Gasteiger partial charge in [-0.15, -0.1) is 0 Å². The minimum absolute atomic E-state index is 0.718. The number of hydrogen-bond acceptors (Lipinski definition) is 4. The maximum atomic E-state index is 5.21. The van der Waals surface area contributed by atoms with Gasteiger partial charge in [0.05, 0.1) is 7.11 Å². The summed E-state index contributed by atoms with van der Waals surface area (Å²) in [6, 6.07) is 3.83. The predicted molar refractivity (Wildman–Crippen MR) is 73.5 cm³/mol. The van der Waals surface area contributed by atoms with Crippen LogP contribution in [0.15, 0.2) is 18.3 Å². The lowest BCUT2D eigenvalue weighted by atomic mass is 9.94. The van der Waals surface area contributed by atoms with Crippen molar-refractivity contribution in [2.45, 2.75) is 19.3 Å². The van der Waals surface area contributed by atoms with Crippen molar-refractivity contribution in [3.63, 3.8) is 0 Å². The average molecular weight is 260 g/mol. The third-order valence-corrected chi connectivity index (χ3v) is 3.90. The second kappa shape index (κ2) is 5.17. The number of nitrogens with zero attached hydrogens (tertiary/aromatic N) is 4. The third kappa shape index (κ3) is 2.71. The number of methoxy groups -OCH3 is 1. The van der Waals surface area contributed by atoms with E-state index in [4.69, 9.17) is 4.74 Å². The summed E-state index contributed by atoms with van der Waals surface area (Å²) < 4.78 is 7.03. The molecule has 0 aliphatic carbocycles. The Morgan fingerprint density at radius 2 is 2.16 bits per heavy atom. The van der Waals surface area contributed by atoms with Crippen molar-refractivity contribution in [2.24, 2.45) is 5.92 Å². The van der Waals surface area contributed by atoms with Crippen molar-refractivity contribution in [3.05, 3.63) is 24.2 Å². The first-order valence-corrected chi connectivity index (χ1v) is 6.82. The molecule has 0 bridgehead atoms. The molecule has 0 amide bonds. The average Bonchev–Trinajstić information content (AvgIpc) is 2.82. The first-order valence-electron chi connectivity index (χ1n) is 6.82. The van der Waals surface area contributed by atoms with Gasteiger partial charge in [0, 0.05) is 18.7 Å². The molecule has 102 valence electrons. The molecule has 0 N–H and O–H groups in total. The standard InChI is InChI=1S/C14H20N4O/c1-17-6-3-11(4-7-17)9-13-15-14-10-12(19-2)5-8-18(14)16-13/h5,8,10-11H,3-4,6-7,9H2,1-2H3. The highest BCUT2D eigenvalue weighted by Gasteiger charge is 2.18. The Balaban J connectivity index is 1.74. The molecule has 1 fully saturated rings. The molecule has 0 spiro atoms. The van der Waals surface area contributed by atoms with Gasteiger partial charge in [-0.05, 0) is 45.0 Å². The summed E-state index contributed by atoms with van der Waals surface area (Å²) >= 11 is 0. The SMILES string of the molecule is COc1ccn2nc(CC3CCN(C)CC3)nc2c1. The number of aromatic nitrogens is 3. The fourth-order valence-electron chi connectivity index (χ4n) is 2.65. The van der Waals surface area contributed by atoms with Gasteiger partial charge >= 0.3 is 0 Å². The normalized spacial score (nSPS) is 18.0. The molecule has 3 heterocycles. The molecule has 5 nitrogen and oxygen atoms in total. The molecule has 1 saturated heterocycles. The van der Waals surface area contributed by atoms with E-state index in [-0.39, 0.29) is 0 Å². The van der Waals surface area contributed by atoms with Crippen LogP contribution < -0.4 is 4.74 Å². The lowest BCUT2D eigenvalue weighted by Gasteiger charge is -2.28. The molecule has 1 aliphatic rings. The maximum Gasteiger partial charge on any atom is 0.159 e. The summed E-state index contributed by atoms with van der Waals surface area (Å²) in [4.78, 5) is 6.98. The van der Waals surface area contributed by atoms with Gasteiger partial charge in [0.15, 0.2) is 11.5 Å². The summed E-state index contributed by atoms with van der Waals surface area (Å²) in [6.45, 7) is 2.37. The first-order chi connectivity index (χ1) is 9.24. The number of hydrogen-bond donors (Lipinski definition) is 0. The van der Waals surface area contributed by atoms with Crippen molar-refractivity contribution in [3.8, 4) is 5.75 Å². The quantitative estimate of drug-likeness (QED) is 0.841. The third-order valence-electron chi connectivity index (χ3n) is 3.90. The van der Waals surface area contributed by atoms with Crippen molar-refractivity contribution in [2.75, 3.05) is 27.2 Å². The van der Waals surface area contributed by atoms with Gasteiger partial charge in [-0.2, -0.15) is 5.10 Å². The largest absolute Gasteiger partial charge is 0.497 e. The summed E-state index contributed by atoms with van der Waals surface area (Å²) in [7, 11) is 3.85. The molecule has 19 heavy (non-hydrogen) atoms. The monoisotopic (exact) mass is 260 g/mol. The van der Waals surface area contributed by atoms with E-state index in [0.717, 1.165) is 29.6 Å². The van der Waals surface area contributed by atoms with E-state index < -0.39 is 0 Å². The molecule has 5 heteroatoms. The van der Waals surface area contributed by atoms with Crippen molar-refractivity contribution in [1.82, 2.24) is 19.5 Å². The summed E-state index contributed by atoms with van der Waals surface area (Å²) in [5.41, 5.74) is 0.863. The fourth-order valence-corrected chi connectivity index (χ4v) is 2.65. The Hall–Kier alpha value is -1.62. The van der Waals surface area contributed by atoms with Crippen LogP contribution in [0.25, 0.3) is 5.65 Å². The van der Waals surface area contributed by atoms with Crippen LogP contribution in [0.5, 0.6) is 5.75 Å². The van der Waals surface area contributed by atoms with Crippen molar-refractivity contribution in [1.29, 1.82) is 0 Å². The van der Waals surface area contributed by atoms with E-state index in [9.17, 15) is 0 Å². The van der Waals surface area contributed by atoms with Crippen LogP contribution in [-0.4, -0.2) is 46.7 Å². The molecular weight excluding hydrogens is 240 g/mol. The highest BCUT2D eigenvalue weighted by atomic mass is 16.5. The van der Waals surface area contributed by atoms with Crippen molar-refractivity contribution < 1.29 is 4.74 Å². The van der Waals surface area contributed by atoms with E-state index in [2.05, 4.69) is 22.0 Å². The molecule has 0 radical (unpaired) electrons. The van der Waals surface area contributed by atoms with Crippen LogP contribution in [0, 0.1) is 5.92 Å². The second-order valence-electron chi connectivity index (χ2n) is 5.35. The minimum atomic E-state index is 0.718. The number of pyridine rings is 1. The molecule has 2 aromatic rings. The van der Waals surface area contributed by atoms with Crippen molar-refractivity contribution >= 4 is 5.65 Å². The van der Waals surface area contributed by atoms with Gasteiger partial charge in [-0.1, -0.05) is 0 Å². The molecule has 0 unspecified atom stereocenters. The fraction of sp³-hybridized carbons (Fsp3) is 0.571. The van der Waals surface area contributed by atoms with Gasteiger partial charge in [-0.3, -0.25) is 0 Å². The van der Waals surface area contributed by atoms with Crippen LogP contribution >= 0.6 is 0 Å². The maximum absolute atomic E-state index is 5.21. The topological polar surface area (TPSA) is 42.7 Å². The van der Waals surface area contributed by atoms with Gasteiger partial charge < -0.3 is 9.64 Å². The Labute approximate surface area is 113 Å². The lowest BCUT2D eigenvalue weighted by Crippen LogP contribution is -2.31. The zero-order valence-electron chi connectivity index (χ0n) is 11.5. The van der Waals surface area contributed by atoms with Gasteiger partial charge in [-0.25, -0.2) is 9.50 Å². The number of piperidine rings is 1. The second-order valence-corrected chi connectivity index (χ2v) is 5.35. The van der Waals surface area contributed by atoms with Gasteiger partial charge in [0.25, 0.3) is 0 Å².